The van der Waals surface area contributed by atoms with Gasteiger partial charge < -0.3 is 0 Å². The molecule has 5 heteroatoms. The summed E-state index contributed by atoms with van der Waals surface area (Å²) in [7, 11) is 0. The molecular weight excluding hydrogens is 256 g/mol. The molecule has 1 aliphatic rings. The number of hydrogen-bond donors (Lipinski definition) is 0. The molecule has 20 heavy (non-hydrogen) atoms. The van der Waals surface area contributed by atoms with Gasteiger partial charge in [-0.05, 0) is 11.0 Å². The molecule has 0 bridgehead atoms. The first-order valence-electron chi connectivity index (χ1n) is 6.43. The van der Waals surface area contributed by atoms with Crippen LogP contribution in [0, 0.1) is 32.3 Å². The van der Waals surface area contributed by atoms with Crippen molar-refractivity contribution in [1.82, 2.24) is 0 Å². The molecule has 1 saturated carbocycles. The van der Waals surface area contributed by atoms with Crippen LogP contribution >= 0.6 is 0 Å². The zero-order valence-electron chi connectivity index (χ0n) is 11.7. The number of nitrogens with zero attached hydrogens (tertiary/aromatic N) is 2. The SMILES string of the molecule is CC(C)(C)[C@]1(C#N)C(=O)C[C@@H]1c1ccc([N+](=O)[O-])cc1. The molecule has 0 spiro atoms. The van der Waals surface area contributed by atoms with E-state index < -0.39 is 15.8 Å². The Morgan fingerprint density at radius 3 is 2.25 bits per heavy atom. The highest BCUT2D eigenvalue weighted by atomic mass is 16.6. The molecule has 0 N–H and O–H groups in total. The quantitative estimate of drug-likeness (QED) is 0.611. The number of nitriles is 1. The molecule has 0 radical (unpaired) electrons. The van der Waals surface area contributed by atoms with Crippen molar-refractivity contribution in [3.8, 4) is 6.07 Å². The minimum atomic E-state index is -1.04. The first-order valence-corrected chi connectivity index (χ1v) is 6.43. The summed E-state index contributed by atoms with van der Waals surface area (Å²) < 4.78 is 0. The summed E-state index contributed by atoms with van der Waals surface area (Å²) in [4.78, 5) is 22.3. The maximum Gasteiger partial charge on any atom is 0.269 e. The average molecular weight is 272 g/mol. The van der Waals surface area contributed by atoms with Crippen molar-refractivity contribution >= 4 is 11.5 Å². The molecule has 5 nitrogen and oxygen atoms in total. The molecule has 1 fully saturated rings. The Labute approximate surface area is 117 Å². The van der Waals surface area contributed by atoms with Gasteiger partial charge in [0, 0.05) is 24.5 Å². The lowest BCUT2D eigenvalue weighted by Gasteiger charge is -2.51. The summed E-state index contributed by atoms with van der Waals surface area (Å²) in [6.07, 6.45) is 0.322. The Balaban J connectivity index is 2.41. The second-order valence-corrected chi connectivity index (χ2v) is 6.20. The van der Waals surface area contributed by atoms with Gasteiger partial charge in [0.15, 0.2) is 5.78 Å². The third-order valence-corrected chi connectivity index (χ3v) is 4.22. The van der Waals surface area contributed by atoms with Crippen molar-refractivity contribution in [3.63, 3.8) is 0 Å². The molecule has 1 aliphatic carbocycles. The molecule has 0 aliphatic heterocycles. The van der Waals surface area contributed by atoms with Crippen molar-refractivity contribution in [3.05, 3.63) is 39.9 Å². The lowest BCUT2D eigenvalue weighted by Crippen LogP contribution is -2.55. The minimum absolute atomic E-state index is 0.0118. The highest BCUT2D eigenvalue weighted by molar-refractivity contribution is 5.97. The summed E-state index contributed by atoms with van der Waals surface area (Å²) >= 11 is 0. The van der Waals surface area contributed by atoms with E-state index in [2.05, 4.69) is 6.07 Å². The van der Waals surface area contributed by atoms with Gasteiger partial charge in [0.2, 0.25) is 0 Å². The van der Waals surface area contributed by atoms with Crippen LogP contribution in [0.25, 0.3) is 0 Å². The lowest BCUT2D eigenvalue weighted by molar-refractivity contribution is -0.384. The zero-order chi connectivity index (χ0) is 15.1. The second-order valence-electron chi connectivity index (χ2n) is 6.20. The van der Waals surface area contributed by atoms with Crippen LogP contribution < -0.4 is 0 Å². The summed E-state index contributed by atoms with van der Waals surface area (Å²) in [5, 5.41) is 20.2. The molecule has 104 valence electrons. The molecule has 2 atom stereocenters. The summed E-state index contributed by atoms with van der Waals surface area (Å²) in [5.74, 6) is -0.239. The molecule has 0 unspecified atom stereocenters. The first kappa shape index (κ1) is 14.2. The number of carbonyl (C=O) groups excluding carboxylic acids is 1. The lowest BCUT2D eigenvalue weighted by atomic mass is 9.47. The van der Waals surface area contributed by atoms with Gasteiger partial charge >= 0.3 is 0 Å². The van der Waals surface area contributed by atoms with Crippen LogP contribution in [0.2, 0.25) is 0 Å². The number of rotatable bonds is 2. The molecular formula is C15H16N2O3. The van der Waals surface area contributed by atoms with Crippen molar-refractivity contribution in [2.45, 2.75) is 33.1 Å². The van der Waals surface area contributed by atoms with E-state index in [9.17, 15) is 20.2 Å². The van der Waals surface area contributed by atoms with Crippen LogP contribution in [0.1, 0.15) is 38.7 Å². The van der Waals surface area contributed by atoms with E-state index in [0.717, 1.165) is 5.56 Å². The predicted molar refractivity (Wildman–Crippen MR) is 73.0 cm³/mol. The van der Waals surface area contributed by atoms with E-state index in [-0.39, 0.29) is 17.4 Å². The van der Waals surface area contributed by atoms with Crippen molar-refractivity contribution in [1.29, 1.82) is 5.26 Å². The first-order chi connectivity index (χ1) is 9.24. The topological polar surface area (TPSA) is 84.0 Å². The normalized spacial score (nSPS) is 25.7. The van der Waals surface area contributed by atoms with Crippen LogP contribution in [0.3, 0.4) is 0 Å². The van der Waals surface area contributed by atoms with Gasteiger partial charge in [-0.2, -0.15) is 5.26 Å². The Morgan fingerprint density at radius 1 is 1.35 bits per heavy atom. The third-order valence-electron chi connectivity index (χ3n) is 4.22. The summed E-state index contributed by atoms with van der Waals surface area (Å²) in [6, 6.07) is 8.34. The van der Waals surface area contributed by atoms with Crippen LogP contribution in [-0.2, 0) is 4.79 Å². The standard InChI is InChI=1S/C15H16N2O3/c1-14(2,3)15(9-16)12(8-13(15)18)10-4-6-11(7-5-10)17(19)20/h4-7,12H,8H2,1-3H3/t12-,15+/m1/s1. The third kappa shape index (κ3) is 1.80. The van der Waals surface area contributed by atoms with E-state index in [4.69, 9.17) is 0 Å². The maximum absolute atomic E-state index is 12.1. The highest BCUT2D eigenvalue weighted by Gasteiger charge is 2.62. The molecule has 0 aromatic heterocycles. The fraction of sp³-hybridized carbons (Fsp3) is 0.467. The average Bonchev–Trinajstić information content (AvgIpc) is 2.35. The maximum atomic E-state index is 12.1. The molecule has 0 saturated heterocycles. The van der Waals surface area contributed by atoms with Gasteiger partial charge in [0.05, 0.1) is 11.0 Å². The number of carbonyl (C=O) groups is 1. The van der Waals surface area contributed by atoms with Gasteiger partial charge in [0.25, 0.3) is 5.69 Å². The van der Waals surface area contributed by atoms with E-state index in [1.54, 1.807) is 12.1 Å². The Kier molecular flexibility index (Phi) is 3.13. The van der Waals surface area contributed by atoms with E-state index >= 15 is 0 Å². The Morgan fingerprint density at radius 2 is 1.90 bits per heavy atom. The van der Waals surface area contributed by atoms with E-state index in [1.807, 2.05) is 20.8 Å². The number of nitro benzene ring substituents is 1. The van der Waals surface area contributed by atoms with Gasteiger partial charge in [0.1, 0.15) is 5.41 Å². The van der Waals surface area contributed by atoms with Crippen LogP contribution in [-0.4, -0.2) is 10.7 Å². The number of non-ortho nitro benzene ring substituents is 1. The Hall–Kier alpha value is -2.22. The predicted octanol–water partition coefficient (Wildman–Crippen LogP) is 3.21. The van der Waals surface area contributed by atoms with E-state index in [1.165, 1.54) is 12.1 Å². The van der Waals surface area contributed by atoms with Gasteiger partial charge in [-0.15, -0.1) is 0 Å². The fourth-order valence-electron chi connectivity index (χ4n) is 3.01. The molecule has 0 heterocycles. The van der Waals surface area contributed by atoms with Gasteiger partial charge in [-0.25, -0.2) is 0 Å². The van der Waals surface area contributed by atoms with Crippen molar-refractivity contribution in [2.75, 3.05) is 0 Å². The number of Topliss-reactive ketones (excluding diaryl/α,β-unsaturated/α-hetero) is 1. The number of benzene rings is 1. The molecule has 0 amide bonds. The van der Waals surface area contributed by atoms with Gasteiger partial charge in [-0.3, -0.25) is 14.9 Å². The molecule has 1 aromatic rings. The molecule has 1 aromatic carbocycles. The summed E-state index contributed by atoms with van der Waals surface area (Å²) in [6.45, 7) is 5.64. The smallest absolute Gasteiger partial charge is 0.269 e. The van der Waals surface area contributed by atoms with Crippen LogP contribution in [0.15, 0.2) is 24.3 Å². The fourth-order valence-corrected chi connectivity index (χ4v) is 3.01. The zero-order valence-corrected chi connectivity index (χ0v) is 11.7. The summed E-state index contributed by atoms with van der Waals surface area (Å²) in [5.41, 5.74) is -0.684. The monoisotopic (exact) mass is 272 g/mol. The van der Waals surface area contributed by atoms with Crippen molar-refractivity contribution in [2.24, 2.45) is 10.8 Å². The number of ketones is 1. The van der Waals surface area contributed by atoms with Crippen molar-refractivity contribution < 1.29 is 9.72 Å². The van der Waals surface area contributed by atoms with Crippen LogP contribution in [0.5, 0.6) is 0 Å². The molecule has 2 rings (SSSR count). The number of nitro groups is 1. The Bertz CT molecular complexity index is 607. The highest BCUT2D eigenvalue weighted by Crippen LogP contribution is 2.59. The minimum Gasteiger partial charge on any atom is -0.298 e. The van der Waals surface area contributed by atoms with Gasteiger partial charge in [-0.1, -0.05) is 32.9 Å². The number of hydrogen-bond acceptors (Lipinski definition) is 4. The second kappa shape index (κ2) is 4.41. The largest absolute Gasteiger partial charge is 0.298 e. The van der Waals surface area contributed by atoms with E-state index in [0.29, 0.717) is 6.42 Å². The van der Waals surface area contributed by atoms with Crippen LogP contribution in [0.4, 0.5) is 5.69 Å².